The van der Waals surface area contributed by atoms with Gasteiger partial charge in [0, 0.05) is 12.1 Å². The van der Waals surface area contributed by atoms with Crippen molar-refractivity contribution in [2.75, 3.05) is 19.7 Å². The summed E-state index contributed by atoms with van der Waals surface area (Å²) in [6.45, 7) is 6.18. The molecule has 1 amide bonds. The Morgan fingerprint density at radius 1 is 1.11 bits per heavy atom. The summed E-state index contributed by atoms with van der Waals surface area (Å²) in [7, 11) is 0. The summed E-state index contributed by atoms with van der Waals surface area (Å²) in [4.78, 5) is 16.5. The first-order chi connectivity index (χ1) is 12.7. The normalized spacial score (nSPS) is 10.7. The van der Waals surface area contributed by atoms with Gasteiger partial charge in [-0.05, 0) is 32.0 Å². The van der Waals surface area contributed by atoms with Gasteiger partial charge in [0.05, 0.1) is 32.5 Å². The monoisotopic (exact) mass is 486 g/mol. The van der Waals surface area contributed by atoms with Gasteiger partial charge in [0.15, 0.2) is 5.96 Å². The number of nitrogens with one attached hydrogen (secondary N) is 3. The lowest BCUT2D eigenvalue weighted by molar-refractivity contribution is -0.120. The number of amides is 1. The third-order valence-corrected chi connectivity index (χ3v) is 3.48. The van der Waals surface area contributed by atoms with Crippen molar-refractivity contribution in [2.45, 2.75) is 26.9 Å². The molecule has 3 N–H and O–H groups in total. The molecule has 0 aliphatic rings. The zero-order valence-corrected chi connectivity index (χ0v) is 18.0. The van der Waals surface area contributed by atoms with Crippen molar-refractivity contribution >= 4 is 35.8 Å². The predicted molar refractivity (Wildman–Crippen MR) is 116 cm³/mol. The number of furan rings is 1. The Labute approximate surface area is 177 Å². The van der Waals surface area contributed by atoms with E-state index < -0.39 is 0 Å². The molecule has 0 atom stereocenters. The van der Waals surface area contributed by atoms with E-state index in [9.17, 15) is 4.79 Å². The average molecular weight is 486 g/mol. The summed E-state index contributed by atoms with van der Waals surface area (Å²) >= 11 is 0. The minimum absolute atomic E-state index is 0. The van der Waals surface area contributed by atoms with Crippen LogP contribution in [0, 0.1) is 0 Å². The van der Waals surface area contributed by atoms with Crippen LogP contribution in [0.15, 0.2) is 52.1 Å². The van der Waals surface area contributed by atoms with E-state index in [2.05, 4.69) is 20.9 Å². The van der Waals surface area contributed by atoms with E-state index in [4.69, 9.17) is 9.15 Å². The van der Waals surface area contributed by atoms with Crippen LogP contribution in [-0.4, -0.2) is 31.6 Å². The van der Waals surface area contributed by atoms with E-state index in [0.29, 0.717) is 38.0 Å². The van der Waals surface area contributed by atoms with Crippen molar-refractivity contribution in [1.82, 2.24) is 16.0 Å². The first-order valence-corrected chi connectivity index (χ1v) is 8.74. The van der Waals surface area contributed by atoms with Crippen molar-refractivity contribution in [3.8, 4) is 5.75 Å². The van der Waals surface area contributed by atoms with Crippen molar-refractivity contribution < 1.29 is 13.9 Å². The highest BCUT2D eigenvalue weighted by atomic mass is 127. The number of ether oxygens (including phenoxy) is 1. The van der Waals surface area contributed by atoms with Gasteiger partial charge in [-0.25, -0.2) is 4.99 Å². The van der Waals surface area contributed by atoms with Crippen molar-refractivity contribution in [2.24, 2.45) is 4.99 Å². The van der Waals surface area contributed by atoms with Crippen LogP contribution in [0.2, 0.25) is 0 Å². The fourth-order valence-corrected chi connectivity index (χ4v) is 2.26. The molecule has 148 valence electrons. The molecule has 1 aromatic carbocycles. The molecular weight excluding hydrogens is 459 g/mol. The molecule has 0 saturated carbocycles. The number of rotatable bonds is 9. The van der Waals surface area contributed by atoms with Crippen LogP contribution in [-0.2, 0) is 17.9 Å². The second kappa shape index (κ2) is 13.0. The van der Waals surface area contributed by atoms with Crippen LogP contribution in [0.4, 0.5) is 0 Å². The number of carbonyl (C=O) groups is 1. The second-order valence-corrected chi connectivity index (χ2v) is 5.45. The number of nitrogens with zero attached hydrogens (tertiary/aromatic N) is 1. The van der Waals surface area contributed by atoms with Crippen LogP contribution >= 0.6 is 24.0 Å². The summed E-state index contributed by atoms with van der Waals surface area (Å²) in [6.07, 6.45) is 1.58. The van der Waals surface area contributed by atoms with Crippen molar-refractivity contribution in [1.29, 1.82) is 0 Å². The Morgan fingerprint density at radius 2 is 1.93 bits per heavy atom. The number of benzene rings is 1. The molecule has 0 unspecified atom stereocenters. The molecule has 0 radical (unpaired) electrons. The highest BCUT2D eigenvalue weighted by molar-refractivity contribution is 14.0. The van der Waals surface area contributed by atoms with Gasteiger partial charge in [0.25, 0.3) is 0 Å². The van der Waals surface area contributed by atoms with Gasteiger partial charge in [-0.1, -0.05) is 18.2 Å². The largest absolute Gasteiger partial charge is 0.494 e. The molecule has 0 aliphatic heterocycles. The van der Waals surface area contributed by atoms with Gasteiger partial charge in [0.2, 0.25) is 5.91 Å². The van der Waals surface area contributed by atoms with E-state index in [1.165, 1.54) is 0 Å². The number of halogens is 1. The molecule has 0 saturated heterocycles. The smallest absolute Gasteiger partial charge is 0.239 e. The Bertz CT molecular complexity index is 705. The van der Waals surface area contributed by atoms with E-state index in [1.54, 1.807) is 12.3 Å². The number of guanidine groups is 1. The summed E-state index contributed by atoms with van der Waals surface area (Å²) in [5.74, 6) is 1.98. The molecule has 1 heterocycles. The van der Waals surface area contributed by atoms with Gasteiger partial charge in [-0.15, -0.1) is 24.0 Å². The maximum Gasteiger partial charge on any atom is 0.239 e. The fourth-order valence-electron chi connectivity index (χ4n) is 2.26. The van der Waals surface area contributed by atoms with Gasteiger partial charge in [-0.2, -0.15) is 0 Å². The minimum atomic E-state index is -0.137. The van der Waals surface area contributed by atoms with Gasteiger partial charge in [0.1, 0.15) is 11.5 Å². The number of para-hydroxylation sites is 1. The molecule has 2 aromatic rings. The van der Waals surface area contributed by atoms with E-state index >= 15 is 0 Å². The molecule has 0 fully saturated rings. The summed E-state index contributed by atoms with van der Waals surface area (Å²) in [5, 5.41) is 8.94. The Hall–Kier alpha value is -2.23. The zero-order valence-electron chi connectivity index (χ0n) is 15.7. The molecule has 0 spiro atoms. The minimum Gasteiger partial charge on any atom is -0.494 e. The van der Waals surface area contributed by atoms with Crippen LogP contribution < -0.4 is 20.7 Å². The molecule has 2 rings (SSSR count). The molecule has 0 aliphatic carbocycles. The molecule has 1 aromatic heterocycles. The van der Waals surface area contributed by atoms with Crippen LogP contribution in [0.5, 0.6) is 5.75 Å². The number of hydrogen-bond acceptors (Lipinski definition) is 4. The highest BCUT2D eigenvalue weighted by Crippen LogP contribution is 2.18. The third-order valence-electron chi connectivity index (χ3n) is 3.48. The van der Waals surface area contributed by atoms with Gasteiger partial charge >= 0.3 is 0 Å². The van der Waals surface area contributed by atoms with Gasteiger partial charge in [-0.3, -0.25) is 4.79 Å². The summed E-state index contributed by atoms with van der Waals surface area (Å²) < 4.78 is 10.8. The Kier molecular flexibility index (Phi) is 11.0. The molecule has 7 nitrogen and oxygen atoms in total. The topological polar surface area (TPSA) is 87.9 Å². The second-order valence-electron chi connectivity index (χ2n) is 5.45. The highest BCUT2D eigenvalue weighted by Gasteiger charge is 2.06. The maximum absolute atomic E-state index is 11.9. The van der Waals surface area contributed by atoms with Crippen molar-refractivity contribution in [3.63, 3.8) is 0 Å². The molecule has 27 heavy (non-hydrogen) atoms. The number of carbonyl (C=O) groups excluding carboxylic acids is 1. The maximum atomic E-state index is 11.9. The SMILES string of the molecule is CCNC(=NCc1ccccc1OCC)NCC(=O)NCc1ccco1.I. The number of hydrogen-bond donors (Lipinski definition) is 3. The summed E-state index contributed by atoms with van der Waals surface area (Å²) in [6, 6.07) is 11.4. The Balaban J connectivity index is 0.00000364. The Morgan fingerprint density at radius 3 is 2.63 bits per heavy atom. The van der Waals surface area contributed by atoms with Gasteiger partial charge < -0.3 is 25.1 Å². The molecule has 0 bridgehead atoms. The zero-order chi connectivity index (χ0) is 18.6. The van der Waals surface area contributed by atoms with E-state index in [-0.39, 0.29) is 36.4 Å². The van der Waals surface area contributed by atoms with E-state index in [1.807, 2.05) is 44.2 Å². The van der Waals surface area contributed by atoms with E-state index in [0.717, 1.165) is 11.3 Å². The molecular formula is C19H27IN4O3. The van der Waals surface area contributed by atoms with Crippen LogP contribution in [0.1, 0.15) is 25.2 Å². The lowest BCUT2D eigenvalue weighted by atomic mass is 10.2. The first-order valence-electron chi connectivity index (χ1n) is 8.74. The standard InChI is InChI=1S/C19H26N4O3.HI/c1-3-20-19(22-12-15-8-5-6-10-17(15)25-4-2)23-14-18(24)21-13-16-9-7-11-26-16;/h5-11H,3-4,12-14H2,1-2H3,(H,21,24)(H2,20,22,23);1H. The summed E-state index contributed by atoms with van der Waals surface area (Å²) in [5.41, 5.74) is 0.994. The first kappa shape index (κ1) is 22.8. The third kappa shape index (κ3) is 8.33. The van der Waals surface area contributed by atoms with Crippen molar-refractivity contribution in [3.05, 3.63) is 54.0 Å². The lowest BCUT2D eigenvalue weighted by Gasteiger charge is -2.12. The lowest BCUT2D eigenvalue weighted by Crippen LogP contribution is -2.43. The quantitative estimate of drug-likeness (QED) is 0.288. The molecule has 8 heteroatoms. The van der Waals surface area contributed by atoms with Crippen LogP contribution in [0.25, 0.3) is 0 Å². The fraction of sp³-hybridized carbons (Fsp3) is 0.368. The van der Waals surface area contributed by atoms with Crippen LogP contribution in [0.3, 0.4) is 0 Å². The average Bonchev–Trinajstić information content (AvgIpc) is 3.17. The predicted octanol–water partition coefficient (Wildman–Crippen LogP) is 2.67. The number of aliphatic imine (C=N–C) groups is 1.